The number of benzene rings is 1. The predicted molar refractivity (Wildman–Crippen MR) is 76.1 cm³/mol. The van der Waals surface area contributed by atoms with E-state index in [0.717, 1.165) is 6.42 Å². The molecule has 7 heteroatoms. The molecule has 0 amide bonds. The summed E-state index contributed by atoms with van der Waals surface area (Å²) in [4.78, 5) is 4.18. The Morgan fingerprint density at radius 3 is 2.67 bits per heavy atom. The Hall–Kier alpha value is -1.92. The highest BCUT2D eigenvalue weighted by Crippen LogP contribution is 2.24. The van der Waals surface area contributed by atoms with E-state index in [0.29, 0.717) is 19.0 Å². The average molecular weight is 303 g/mol. The maximum absolute atomic E-state index is 13.8. The number of alkyl halides is 2. The van der Waals surface area contributed by atoms with E-state index in [4.69, 9.17) is 0 Å². The summed E-state index contributed by atoms with van der Waals surface area (Å²) in [5, 5.41) is 6.04. The molecule has 0 aromatic heterocycles. The number of halogens is 3. The maximum Gasteiger partial charge on any atom is 0.387 e. The van der Waals surface area contributed by atoms with Crippen LogP contribution in [-0.2, 0) is 6.54 Å². The van der Waals surface area contributed by atoms with Gasteiger partial charge in [0.2, 0.25) is 0 Å². The van der Waals surface area contributed by atoms with Gasteiger partial charge in [-0.05, 0) is 25.5 Å². The summed E-state index contributed by atoms with van der Waals surface area (Å²) >= 11 is 0. The van der Waals surface area contributed by atoms with Crippen molar-refractivity contribution in [3.05, 3.63) is 29.6 Å². The van der Waals surface area contributed by atoms with E-state index in [9.17, 15) is 13.2 Å². The molecule has 1 rings (SSSR count). The highest BCUT2D eigenvalue weighted by atomic mass is 19.3. The molecule has 0 aliphatic heterocycles. The Morgan fingerprint density at radius 1 is 1.29 bits per heavy atom. The Kier molecular flexibility index (Phi) is 7.42. The van der Waals surface area contributed by atoms with Gasteiger partial charge in [0.05, 0.1) is 12.1 Å². The molecule has 0 saturated carbocycles. The topological polar surface area (TPSA) is 45.7 Å². The predicted octanol–water partition coefficient (Wildman–Crippen LogP) is 2.89. The van der Waals surface area contributed by atoms with Crippen molar-refractivity contribution in [2.75, 3.05) is 13.1 Å². The van der Waals surface area contributed by atoms with Crippen LogP contribution in [0.15, 0.2) is 23.2 Å². The first-order valence-electron chi connectivity index (χ1n) is 6.82. The minimum atomic E-state index is -3.00. The minimum absolute atomic E-state index is 0.00602. The number of hydrogen-bond acceptors (Lipinski definition) is 2. The molecule has 0 spiro atoms. The van der Waals surface area contributed by atoms with Crippen molar-refractivity contribution in [1.29, 1.82) is 0 Å². The lowest BCUT2D eigenvalue weighted by Crippen LogP contribution is -2.37. The lowest BCUT2D eigenvalue weighted by atomic mass is 10.2. The minimum Gasteiger partial charge on any atom is -0.434 e. The second kappa shape index (κ2) is 9.10. The van der Waals surface area contributed by atoms with Gasteiger partial charge in [-0.1, -0.05) is 13.0 Å². The first-order chi connectivity index (χ1) is 10.1. The number of rotatable bonds is 7. The second-order valence-electron chi connectivity index (χ2n) is 4.22. The van der Waals surface area contributed by atoms with Crippen LogP contribution in [0.4, 0.5) is 13.2 Å². The third-order valence-electron chi connectivity index (χ3n) is 2.57. The summed E-state index contributed by atoms with van der Waals surface area (Å²) in [6.07, 6.45) is 0.907. The van der Waals surface area contributed by atoms with Crippen LogP contribution in [0.25, 0.3) is 0 Å². The quantitative estimate of drug-likeness (QED) is 0.601. The van der Waals surface area contributed by atoms with Gasteiger partial charge >= 0.3 is 6.61 Å². The SMILES string of the molecule is CCCNC(=NCc1c(F)cccc1OC(F)F)NCC. The molecule has 0 aliphatic rings. The Labute approximate surface area is 122 Å². The van der Waals surface area contributed by atoms with Gasteiger partial charge in [-0.15, -0.1) is 0 Å². The van der Waals surface area contributed by atoms with Gasteiger partial charge in [-0.25, -0.2) is 9.38 Å². The third-order valence-corrected chi connectivity index (χ3v) is 2.57. The Morgan fingerprint density at radius 2 is 2.05 bits per heavy atom. The molecule has 4 nitrogen and oxygen atoms in total. The lowest BCUT2D eigenvalue weighted by molar-refractivity contribution is -0.0506. The van der Waals surface area contributed by atoms with E-state index < -0.39 is 12.4 Å². The van der Waals surface area contributed by atoms with Gasteiger partial charge in [0.25, 0.3) is 0 Å². The van der Waals surface area contributed by atoms with Crippen molar-refractivity contribution < 1.29 is 17.9 Å². The van der Waals surface area contributed by atoms with Crippen LogP contribution < -0.4 is 15.4 Å². The van der Waals surface area contributed by atoms with Crippen LogP contribution in [0.1, 0.15) is 25.8 Å². The van der Waals surface area contributed by atoms with Gasteiger partial charge in [0, 0.05) is 13.1 Å². The van der Waals surface area contributed by atoms with Crippen molar-refractivity contribution in [2.24, 2.45) is 4.99 Å². The van der Waals surface area contributed by atoms with E-state index in [1.807, 2.05) is 13.8 Å². The Balaban J connectivity index is 2.88. The Bertz CT molecular complexity index is 467. The summed E-state index contributed by atoms with van der Waals surface area (Å²) in [5.74, 6) is -0.311. The van der Waals surface area contributed by atoms with Crippen LogP contribution in [0.3, 0.4) is 0 Å². The number of ether oxygens (including phenoxy) is 1. The highest BCUT2D eigenvalue weighted by Gasteiger charge is 2.13. The van der Waals surface area contributed by atoms with Gasteiger partial charge in [-0.3, -0.25) is 0 Å². The van der Waals surface area contributed by atoms with E-state index in [1.165, 1.54) is 18.2 Å². The fourth-order valence-corrected chi connectivity index (χ4v) is 1.64. The molecule has 118 valence electrons. The summed E-state index contributed by atoms with van der Waals surface area (Å²) in [7, 11) is 0. The first-order valence-corrected chi connectivity index (χ1v) is 6.82. The molecule has 0 aliphatic carbocycles. The molecule has 0 bridgehead atoms. The van der Waals surface area contributed by atoms with Gasteiger partial charge in [0.1, 0.15) is 11.6 Å². The largest absolute Gasteiger partial charge is 0.434 e. The first kappa shape index (κ1) is 17.1. The van der Waals surface area contributed by atoms with Crippen LogP contribution >= 0.6 is 0 Å². The molecular formula is C14H20F3N3O. The number of hydrogen-bond donors (Lipinski definition) is 2. The normalized spacial score (nSPS) is 11.6. The fourth-order valence-electron chi connectivity index (χ4n) is 1.64. The fraction of sp³-hybridized carbons (Fsp3) is 0.500. The smallest absolute Gasteiger partial charge is 0.387 e. The maximum atomic E-state index is 13.8. The van der Waals surface area contributed by atoms with E-state index in [1.54, 1.807) is 0 Å². The molecule has 1 aromatic rings. The zero-order valence-corrected chi connectivity index (χ0v) is 12.1. The molecule has 0 unspecified atom stereocenters. The summed E-state index contributed by atoms with van der Waals surface area (Å²) in [5.41, 5.74) is 0.00602. The summed E-state index contributed by atoms with van der Waals surface area (Å²) < 4.78 is 42.7. The van der Waals surface area contributed by atoms with Crippen molar-refractivity contribution in [3.8, 4) is 5.75 Å². The number of nitrogens with zero attached hydrogens (tertiary/aromatic N) is 1. The van der Waals surface area contributed by atoms with E-state index >= 15 is 0 Å². The number of aliphatic imine (C=N–C) groups is 1. The van der Waals surface area contributed by atoms with Gasteiger partial charge < -0.3 is 15.4 Å². The molecule has 0 fully saturated rings. The number of nitrogens with one attached hydrogen (secondary N) is 2. The van der Waals surface area contributed by atoms with Gasteiger partial charge in [-0.2, -0.15) is 8.78 Å². The molecule has 21 heavy (non-hydrogen) atoms. The van der Waals surface area contributed by atoms with Gasteiger partial charge in [0.15, 0.2) is 5.96 Å². The highest BCUT2D eigenvalue weighted by molar-refractivity contribution is 5.79. The van der Waals surface area contributed by atoms with Crippen LogP contribution in [0.5, 0.6) is 5.75 Å². The zero-order valence-electron chi connectivity index (χ0n) is 12.1. The third kappa shape index (κ3) is 5.93. The molecule has 0 heterocycles. The monoisotopic (exact) mass is 303 g/mol. The molecule has 1 aromatic carbocycles. The molecule has 0 atom stereocenters. The second-order valence-corrected chi connectivity index (χ2v) is 4.22. The molecule has 2 N–H and O–H groups in total. The number of guanidine groups is 1. The molecular weight excluding hydrogens is 283 g/mol. The standard InChI is InChI=1S/C14H20F3N3O/c1-3-8-19-14(18-4-2)20-9-10-11(15)6-5-7-12(10)21-13(16)17/h5-7,13H,3-4,8-9H2,1-2H3,(H2,18,19,20). The summed E-state index contributed by atoms with van der Waals surface area (Å²) in [6, 6.07) is 3.81. The van der Waals surface area contributed by atoms with Crippen molar-refractivity contribution in [2.45, 2.75) is 33.4 Å². The van der Waals surface area contributed by atoms with Crippen LogP contribution in [0, 0.1) is 5.82 Å². The molecule has 0 saturated heterocycles. The molecule has 0 radical (unpaired) electrons. The van der Waals surface area contributed by atoms with Crippen molar-refractivity contribution in [3.63, 3.8) is 0 Å². The van der Waals surface area contributed by atoms with E-state index in [-0.39, 0.29) is 17.9 Å². The van der Waals surface area contributed by atoms with Crippen LogP contribution in [-0.4, -0.2) is 25.7 Å². The average Bonchev–Trinajstić information content (AvgIpc) is 2.43. The van der Waals surface area contributed by atoms with Crippen molar-refractivity contribution >= 4 is 5.96 Å². The van der Waals surface area contributed by atoms with Crippen LogP contribution in [0.2, 0.25) is 0 Å². The lowest BCUT2D eigenvalue weighted by Gasteiger charge is -2.12. The zero-order chi connectivity index (χ0) is 15.7. The van der Waals surface area contributed by atoms with Crippen molar-refractivity contribution in [1.82, 2.24) is 10.6 Å². The summed E-state index contributed by atoms with van der Waals surface area (Å²) in [6.45, 7) is 2.17. The van der Waals surface area contributed by atoms with E-state index in [2.05, 4.69) is 20.4 Å².